The van der Waals surface area contributed by atoms with Crippen LogP contribution in [-0.4, -0.2) is 17.5 Å². The Balaban J connectivity index is 2.72. The molecule has 0 saturated carbocycles. The molecule has 1 aromatic carbocycles. The minimum absolute atomic E-state index is 0.365. The Morgan fingerprint density at radius 3 is 3.07 bits per heavy atom. The number of carbonyl (C=O) groups excluding carboxylic acids is 1. The molecule has 3 nitrogen and oxygen atoms in total. The topological polar surface area (TPSA) is 39.2 Å². The monoisotopic (exact) mass is 227 g/mol. The van der Waals surface area contributed by atoms with E-state index in [9.17, 15) is 4.79 Å². The molecule has 1 aromatic heterocycles. The number of nitrogens with zero attached hydrogens (tertiary/aromatic N) is 1. The summed E-state index contributed by atoms with van der Waals surface area (Å²) >= 11 is 7.17. The molecular formula is C9H6ClNO2S. The molecule has 0 bridgehead atoms. The molecule has 2 rings (SSSR count). The van der Waals surface area contributed by atoms with Crippen molar-refractivity contribution in [3.8, 4) is 0 Å². The SMILES string of the molecule is COC(=O)c1ccc(Cl)c2cnsc12. The van der Waals surface area contributed by atoms with Gasteiger partial charge < -0.3 is 4.74 Å². The molecule has 5 heteroatoms. The molecule has 0 saturated heterocycles. The molecule has 0 aliphatic rings. The van der Waals surface area contributed by atoms with E-state index in [1.807, 2.05) is 0 Å². The Bertz CT molecular complexity index is 495. The van der Waals surface area contributed by atoms with E-state index in [2.05, 4.69) is 9.11 Å². The maximum atomic E-state index is 11.4. The zero-order valence-electron chi connectivity index (χ0n) is 7.28. The first-order valence-corrected chi connectivity index (χ1v) is 5.00. The summed E-state index contributed by atoms with van der Waals surface area (Å²) in [5, 5.41) is 1.39. The van der Waals surface area contributed by atoms with Crippen LogP contribution in [0, 0.1) is 0 Å². The Labute approximate surface area is 89.4 Å². The number of halogens is 1. The molecule has 0 aliphatic carbocycles. The molecule has 1 heterocycles. The fourth-order valence-electron chi connectivity index (χ4n) is 1.20. The second-order valence-electron chi connectivity index (χ2n) is 2.66. The summed E-state index contributed by atoms with van der Waals surface area (Å²) in [4.78, 5) is 11.4. The highest BCUT2D eigenvalue weighted by Crippen LogP contribution is 2.29. The van der Waals surface area contributed by atoms with E-state index in [0.29, 0.717) is 10.6 Å². The summed E-state index contributed by atoms with van der Waals surface area (Å²) in [6, 6.07) is 3.32. The Morgan fingerprint density at radius 1 is 1.57 bits per heavy atom. The van der Waals surface area contributed by atoms with Crippen LogP contribution in [0.1, 0.15) is 10.4 Å². The molecule has 0 N–H and O–H groups in total. The van der Waals surface area contributed by atoms with Gasteiger partial charge in [0.05, 0.1) is 28.6 Å². The maximum Gasteiger partial charge on any atom is 0.339 e. The van der Waals surface area contributed by atoms with Crippen molar-refractivity contribution >= 4 is 39.2 Å². The van der Waals surface area contributed by atoms with Gasteiger partial charge in [-0.1, -0.05) is 11.6 Å². The minimum Gasteiger partial charge on any atom is -0.465 e. The number of hydrogen-bond acceptors (Lipinski definition) is 4. The number of esters is 1. The molecule has 0 aliphatic heterocycles. The van der Waals surface area contributed by atoms with Gasteiger partial charge in [0.25, 0.3) is 0 Å². The lowest BCUT2D eigenvalue weighted by Gasteiger charge is -2.00. The Hall–Kier alpha value is -1.13. The van der Waals surface area contributed by atoms with Gasteiger partial charge in [-0.2, -0.15) is 4.37 Å². The Morgan fingerprint density at radius 2 is 2.36 bits per heavy atom. The van der Waals surface area contributed by atoms with Crippen molar-refractivity contribution in [2.45, 2.75) is 0 Å². The smallest absolute Gasteiger partial charge is 0.339 e. The van der Waals surface area contributed by atoms with Gasteiger partial charge in [-0.3, -0.25) is 0 Å². The van der Waals surface area contributed by atoms with Crippen LogP contribution in [0.5, 0.6) is 0 Å². The number of carbonyl (C=O) groups is 1. The molecule has 2 aromatic rings. The van der Waals surface area contributed by atoms with Gasteiger partial charge in [0.1, 0.15) is 0 Å². The third kappa shape index (κ3) is 1.36. The second kappa shape index (κ2) is 3.55. The lowest BCUT2D eigenvalue weighted by atomic mass is 10.2. The molecular weight excluding hydrogens is 222 g/mol. The predicted octanol–water partition coefficient (Wildman–Crippen LogP) is 2.74. The quantitative estimate of drug-likeness (QED) is 0.704. The average Bonchev–Trinajstić information content (AvgIpc) is 2.67. The lowest BCUT2D eigenvalue weighted by molar-refractivity contribution is 0.0603. The molecule has 72 valence electrons. The van der Waals surface area contributed by atoms with Crippen molar-refractivity contribution in [2.24, 2.45) is 0 Å². The first-order chi connectivity index (χ1) is 6.74. The van der Waals surface area contributed by atoms with E-state index in [-0.39, 0.29) is 5.97 Å². The molecule has 0 fully saturated rings. The summed E-state index contributed by atoms with van der Waals surface area (Å²) in [6.45, 7) is 0. The van der Waals surface area contributed by atoms with E-state index in [0.717, 1.165) is 10.1 Å². The van der Waals surface area contributed by atoms with Gasteiger partial charge in [-0.25, -0.2) is 4.79 Å². The van der Waals surface area contributed by atoms with Gasteiger partial charge in [0, 0.05) is 5.39 Å². The number of methoxy groups -OCH3 is 1. The zero-order chi connectivity index (χ0) is 10.1. The van der Waals surface area contributed by atoms with E-state index < -0.39 is 0 Å². The summed E-state index contributed by atoms with van der Waals surface area (Å²) in [7, 11) is 1.35. The third-order valence-electron chi connectivity index (χ3n) is 1.87. The van der Waals surface area contributed by atoms with Gasteiger partial charge in [0.15, 0.2) is 0 Å². The first-order valence-electron chi connectivity index (χ1n) is 3.85. The highest BCUT2D eigenvalue weighted by Gasteiger charge is 2.13. The molecule has 0 radical (unpaired) electrons. The number of benzene rings is 1. The second-order valence-corrected chi connectivity index (χ2v) is 3.86. The van der Waals surface area contributed by atoms with Crippen LogP contribution >= 0.6 is 23.1 Å². The molecule has 0 spiro atoms. The summed E-state index contributed by atoms with van der Waals surface area (Å²) < 4.78 is 9.41. The predicted molar refractivity (Wildman–Crippen MR) is 56.0 cm³/mol. The van der Waals surface area contributed by atoms with Gasteiger partial charge in [-0.05, 0) is 23.7 Å². The summed E-state index contributed by atoms with van der Waals surface area (Å²) in [5.41, 5.74) is 0.509. The number of aromatic nitrogens is 1. The number of rotatable bonds is 1. The van der Waals surface area contributed by atoms with E-state index in [4.69, 9.17) is 11.6 Å². The highest BCUT2D eigenvalue weighted by atomic mass is 35.5. The van der Waals surface area contributed by atoms with E-state index >= 15 is 0 Å². The van der Waals surface area contributed by atoms with E-state index in [1.54, 1.807) is 18.3 Å². The van der Waals surface area contributed by atoms with Crippen LogP contribution in [0.15, 0.2) is 18.3 Å². The fourth-order valence-corrected chi connectivity index (χ4v) is 2.23. The number of ether oxygens (including phenoxy) is 1. The minimum atomic E-state index is -0.365. The van der Waals surface area contributed by atoms with Crippen LogP contribution in [0.25, 0.3) is 10.1 Å². The number of fused-ring (bicyclic) bond motifs is 1. The van der Waals surface area contributed by atoms with Crippen LogP contribution in [0.3, 0.4) is 0 Å². The third-order valence-corrected chi connectivity index (χ3v) is 3.04. The highest BCUT2D eigenvalue weighted by molar-refractivity contribution is 7.13. The van der Waals surface area contributed by atoms with Crippen molar-refractivity contribution in [3.05, 3.63) is 28.9 Å². The summed E-state index contributed by atoms with van der Waals surface area (Å²) in [5.74, 6) is -0.365. The normalized spacial score (nSPS) is 10.4. The molecule has 14 heavy (non-hydrogen) atoms. The van der Waals surface area contributed by atoms with Crippen LogP contribution < -0.4 is 0 Å². The summed E-state index contributed by atoms with van der Waals surface area (Å²) in [6.07, 6.45) is 1.65. The lowest BCUT2D eigenvalue weighted by Crippen LogP contribution is -2.00. The molecule has 0 amide bonds. The van der Waals surface area contributed by atoms with Gasteiger partial charge >= 0.3 is 5.97 Å². The van der Waals surface area contributed by atoms with Crippen molar-refractivity contribution < 1.29 is 9.53 Å². The van der Waals surface area contributed by atoms with Crippen LogP contribution in [0.4, 0.5) is 0 Å². The first kappa shape index (κ1) is 9.43. The molecule has 0 unspecified atom stereocenters. The van der Waals surface area contributed by atoms with E-state index in [1.165, 1.54) is 18.6 Å². The molecule has 0 atom stereocenters. The Kier molecular flexibility index (Phi) is 2.39. The van der Waals surface area contributed by atoms with Crippen LogP contribution in [0.2, 0.25) is 5.02 Å². The van der Waals surface area contributed by atoms with Crippen molar-refractivity contribution in [1.82, 2.24) is 4.37 Å². The standard InChI is InChI=1S/C9H6ClNO2S/c1-13-9(12)5-2-3-7(10)6-4-11-14-8(5)6/h2-4H,1H3. The largest absolute Gasteiger partial charge is 0.465 e. The van der Waals surface area contributed by atoms with Crippen LogP contribution in [-0.2, 0) is 4.74 Å². The van der Waals surface area contributed by atoms with Crippen molar-refractivity contribution in [2.75, 3.05) is 7.11 Å². The van der Waals surface area contributed by atoms with Gasteiger partial charge in [-0.15, -0.1) is 0 Å². The van der Waals surface area contributed by atoms with Crippen molar-refractivity contribution in [1.29, 1.82) is 0 Å². The zero-order valence-corrected chi connectivity index (χ0v) is 8.85. The van der Waals surface area contributed by atoms with Gasteiger partial charge in [0.2, 0.25) is 0 Å². The van der Waals surface area contributed by atoms with Crippen molar-refractivity contribution in [3.63, 3.8) is 0 Å². The number of hydrogen-bond donors (Lipinski definition) is 0. The maximum absolute atomic E-state index is 11.4. The average molecular weight is 228 g/mol. The fraction of sp³-hybridized carbons (Fsp3) is 0.111.